The molecule has 0 aliphatic heterocycles. The van der Waals surface area contributed by atoms with Crippen LogP contribution in [0.25, 0.3) is 0 Å². The largest absolute Gasteiger partial charge is 0.497 e. The van der Waals surface area contributed by atoms with Gasteiger partial charge in [0.05, 0.1) is 25.7 Å². The average Bonchev–Trinajstić information content (AvgIpc) is 3.59. The van der Waals surface area contributed by atoms with Crippen LogP contribution in [0.15, 0.2) is 47.4 Å². The molecule has 1 aliphatic rings. The highest BCUT2D eigenvalue weighted by Crippen LogP contribution is 2.32. The number of nitrogens with one attached hydrogen (secondary N) is 1. The number of nitrogens with zero attached hydrogens (tertiary/aromatic N) is 2. The van der Waals surface area contributed by atoms with Crippen LogP contribution in [0.3, 0.4) is 0 Å². The monoisotopic (exact) mass is 447 g/mol. The molecule has 0 saturated heterocycles. The van der Waals surface area contributed by atoms with Crippen LogP contribution in [0.5, 0.6) is 11.5 Å². The Labute approximate surface area is 183 Å². The fourth-order valence-corrected chi connectivity index (χ4v) is 4.23. The van der Waals surface area contributed by atoms with Gasteiger partial charge in [-0.25, -0.2) is 12.7 Å². The molecule has 0 aromatic heterocycles. The van der Waals surface area contributed by atoms with Crippen LogP contribution < -0.4 is 14.8 Å². The van der Waals surface area contributed by atoms with E-state index in [1.807, 2.05) is 18.2 Å². The highest BCUT2D eigenvalue weighted by atomic mass is 32.2. The molecule has 0 heterocycles. The van der Waals surface area contributed by atoms with Crippen molar-refractivity contribution in [1.29, 1.82) is 0 Å². The van der Waals surface area contributed by atoms with Crippen LogP contribution in [0.4, 0.5) is 5.69 Å². The molecular weight excluding hydrogens is 418 g/mol. The molecule has 0 bridgehead atoms. The van der Waals surface area contributed by atoms with E-state index in [0.29, 0.717) is 29.8 Å². The molecule has 1 N–H and O–H groups in total. The lowest BCUT2D eigenvalue weighted by atomic mass is 10.1. The van der Waals surface area contributed by atoms with E-state index in [9.17, 15) is 13.2 Å². The van der Waals surface area contributed by atoms with Gasteiger partial charge in [0.15, 0.2) is 0 Å². The smallest absolute Gasteiger partial charge is 0.242 e. The molecule has 2 aromatic carbocycles. The molecule has 168 valence electrons. The summed E-state index contributed by atoms with van der Waals surface area (Å²) >= 11 is 0. The molecular formula is C22H29N3O5S. The first-order chi connectivity index (χ1) is 14.7. The number of anilines is 1. The van der Waals surface area contributed by atoms with Crippen LogP contribution in [-0.2, 0) is 21.4 Å². The summed E-state index contributed by atoms with van der Waals surface area (Å²) in [6.07, 6.45) is 2.09. The highest BCUT2D eigenvalue weighted by Gasteiger charge is 2.31. The molecule has 9 heteroatoms. The Morgan fingerprint density at radius 2 is 1.84 bits per heavy atom. The zero-order chi connectivity index (χ0) is 22.6. The van der Waals surface area contributed by atoms with E-state index >= 15 is 0 Å². The average molecular weight is 448 g/mol. The normalized spacial score (nSPS) is 14.0. The Bertz CT molecular complexity index is 1040. The Hall–Kier alpha value is -2.62. The summed E-state index contributed by atoms with van der Waals surface area (Å²) in [6, 6.07) is 12.3. The molecule has 0 spiro atoms. The van der Waals surface area contributed by atoms with Crippen LogP contribution >= 0.6 is 0 Å². The van der Waals surface area contributed by atoms with E-state index in [-0.39, 0.29) is 17.3 Å². The predicted octanol–water partition coefficient (Wildman–Crippen LogP) is 2.56. The number of rotatable bonds is 10. The number of hydrogen-bond donors (Lipinski definition) is 1. The number of amides is 1. The second-order valence-corrected chi connectivity index (χ2v) is 9.83. The lowest BCUT2D eigenvalue weighted by Crippen LogP contribution is -2.34. The van der Waals surface area contributed by atoms with Crippen molar-refractivity contribution in [3.05, 3.63) is 48.0 Å². The maximum atomic E-state index is 12.7. The molecule has 1 amide bonds. The van der Waals surface area contributed by atoms with Gasteiger partial charge in [0.2, 0.25) is 15.9 Å². The van der Waals surface area contributed by atoms with Crippen molar-refractivity contribution in [3.8, 4) is 11.5 Å². The van der Waals surface area contributed by atoms with Gasteiger partial charge in [0, 0.05) is 44.0 Å². The van der Waals surface area contributed by atoms with E-state index in [4.69, 9.17) is 9.47 Å². The van der Waals surface area contributed by atoms with Crippen LogP contribution in [-0.4, -0.2) is 64.4 Å². The minimum atomic E-state index is -3.57. The number of carbonyl (C=O) groups excluding carboxylic acids is 1. The molecule has 1 saturated carbocycles. The number of carbonyl (C=O) groups is 1. The van der Waals surface area contributed by atoms with E-state index in [0.717, 1.165) is 22.7 Å². The first-order valence-electron chi connectivity index (χ1n) is 10.0. The van der Waals surface area contributed by atoms with Crippen LogP contribution in [0.2, 0.25) is 0 Å². The van der Waals surface area contributed by atoms with E-state index < -0.39 is 10.0 Å². The molecule has 1 aliphatic carbocycles. The molecule has 1 fully saturated rings. The number of benzene rings is 2. The summed E-state index contributed by atoms with van der Waals surface area (Å²) in [4.78, 5) is 15.0. The van der Waals surface area contributed by atoms with Crippen LogP contribution in [0, 0.1) is 0 Å². The number of methoxy groups -OCH3 is 2. The zero-order valence-electron chi connectivity index (χ0n) is 18.3. The zero-order valence-corrected chi connectivity index (χ0v) is 19.1. The van der Waals surface area contributed by atoms with Gasteiger partial charge in [-0.15, -0.1) is 0 Å². The third kappa shape index (κ3) is 5.75. The second-order valence-electron chi connectivity index (χ2n) is 7.68. The van der Waals surface area contributed by atoms with Gasteiger partial charge in [-0.1, -0.05) is 12.1 Å². The molecule has 0 unspecified atom stereocenters. The Balaban J connectivity index is 1.70. The van der Waals surface area contributed by atoms with Crippen molar-refractivity contribution < 1.29 is 22.7 Å². The number of sulfonamides is 1. The third-order valence-corrected chi connectivity index (χ3v) is 6.99. The van der Waals surface area contributed by atoms with E-state index in [1.165, 1.54) is 26.2 Å². The second kappa shape index (κ2) is 9.67. The van der Waals surface area contributed by atoms with Gasteiger partial charge >= 0.3 is 0 Å². The topological polar surface area (TPSA) is 88.2 Å². The molecule has 0 atom stereocenters. The Kier molecular flexibility index (Phi) is 7.19. The first-order valence-corrected chi connectivity index (χ1v) is 11.5. The summed E-state index contributed by atoms with van der Waals surface area (Å²) in [5, 5.41) is 2.82. The van der Waals surface area contributed by atoms with Gasteiger partial charge in [-0.05, 0) is 37.1 Å². The van der Waals surface area contributed by atoms with Crippen molar-refractivity contribution >= 4 is 21.6 Å². The Morgan fingerprint density at radius 1 is 1.10 bits per heavy atom. The number of hydrogen-bond acceptors (Lipinski definition) is 6. The van der Waals surface area contributed by atoms with Gasteiger partial charge in [-0.2, -0.15) is 0 Å². The maximum Gasteiger partial charge on any atom is 0.242 e. The molecule has 2 aromatic rings. The van der Waals surface area contributed by atoms with Gasteiger partial charge in [-0.3, -0.25) is 9.69 Å². The first kappa shape index (κ1) is 23.1. The van der Waals surface area contributed by atoms with Crippen molar-refractivity contribution in [1.82, 2.24) is 9.21 Å². The minimum Gasteiger partial charge on any atom is -0.497 e. The fraction of sp³-hybridized carbons (Fsp3) is 0.409. The minimum absolute atomic E-state index is 0.136. The standard InChI is InChI=1S/C22H29N3O5S/c1-24(2)31(27,28)20-7-5-6-17(12-20)23-22(26)15-25(18-9-10-18)14-16-8-11-19(29-3)13-21(16)30-4/h5-8,11-13,18H,9-10,14-15H2,1-4H3,(H,23,26). The quantitative estimate of drug-likeness (QED) is 0.602. The fourth-order valence-electron chi connectivity index (χ4n) is 3.29. The summed E-state index contributed by atoms with van der Waals surface area (Å²) < 4.78 is 36.6. The summed E-state index contributed by atoms with van der Waals surface area (Å²) in [5.74, 6) is 1.23. The summed E-state index contributed by atoms with van der Waals surface area (Å²) in [6.45, 7) is 0.769. The molecule has 31 heavy (non-hydrogen) atoms. The van der Waals surface area contributed by atoms with Crippen molar-refractivity contribution in [3.63, 3.8) is 0 Å². The van der Waals surface area contributed by atoms with Crippen LogP contribution in [0.1, 0.15) is 18.4 Å². The molecule has 0 radical (unpaired) electrons. The lowest BCUT2D eigenvalue weighted by molar-refractivity contribution is -0.117. The Morgan fingerprint density at radius 3 is 2.45 bits per heavy atom. The van der Waals surface area contributed by atoms with Crippen molar-refractivity contribution in [2.45, 2.75) is 30.3 Å². The maximum absolute atomic E-state index is 12.7. The van der Waals surface area contributed by atoms with Gasteiger partial charge < -0.3 is 14.8 Å². The summed E-state index contributed by atoms with van der Waals surface area (Å²) in [7, 11) is 2.60. The lowest BCUT2D eigenvalue weighted by Gasteiger charge is -2.23. The van der Waals surface area contributed by atoms with E-state index in [2.05, 4.69) is 10.2 Å². The van der Waals surface area contributed by atoms with Crippen molar-refractivity contribution in [2.24, 2.45) is 0 Å². The highest BCUT2D eigenvalue weighted by molar-refractivity contribution is 7.89. The number of ether oxygens (including phenoxy) is 2. The van der Waals surface area contributed by atoms with Gasteiger partial charge in [0.25, 0.3) is 0 Å². The summed E-state index contributed by atoms with van der Waals surface area (Å²) in [5.41, 5.74) is 1.42. The SMILES string of the molecule is COc1ccc(CN(CC(=O)Nc2cccc(S(=O)(=O)N(C)C)c2)C2CC2)c(OC)c1. The van der Waals surface area contributed by atoms with E-state index in [1.54, 1.807) is 26.4 Å². The van der Waals surface area contributed by atoms with Gasteiger partial charge in [0.1, 0.15) is 11.5 Å². The van der Waals surface area contributed by atoms with Crippen molar-refractivity contribution in [2.75, 3.05) is 40.2 Å². The molecule has 8 nitrogen and oxygen atoms in total. The third-order valence-electron chi connectivity index (χ3n) is 5.17. The predicted molar refractivity (Wildman–Crippen MR) is 119 cm³/mol. The molecule has 3 rings (SSSR count).